The van der Waals surface area contributed by atoms with Gasteiger partial charge in [0.25, 0.3) is 5.91 Å². The summed E-state index contributed by atoms with van der Waals surface area (Å²) in [5, 5.41) is 7.12. The van der Waals surface area contributed by atoms with E-state index in [1.54, 1.807) is 30.1 Å². The summed E-state index contributed by atoms with van der Waals surface area (Å²) in [6, 6.07) is 17.1. The van der Waals surface area contributed by atoms with Gasteiger partial charge in [0.05, 0.1) is 12.3 Å². The van der Waals surface area contributed by atoms with Crippen molar-refractivity contribution in [3.63, 3.8) is 0 Å². The summed E-state index contributed by atoms with van der Waals surface area (Å²) in [5.74, 6) is -0.103. The van der Waals surface area contributed by atoms with Crippen LogP contribution in [0.1, 0.15) is 21.5 Å². The van der Waals surface area contributed by atoms with Gasteiger partial charge in [0.15, 0.2) is 0 Å². The molecule has 0 aliphatic heterocycles. The van der Waals surface area contributed by atoms with Crippen LogP contribution in [0.5, 0.6) is 0 Å². The van der Waals surface area contributed by atoms with Crippen molar-refractivity contribution < 1.29 is 9.53 Å². The van der Waals surface area contributed by atoms with Crippen LogP contribution < -0.4 is 5.32 Å². The number of nitrogens with zero attached hydrogens (tertiary/aromatic N) is 2. The molecule has 3 rings (SSSR count). The number of benzene rings is 2. The Balaban J connectivity index is 1.65. The molecule has 5 heteroatoms. The molecule has 0 aliphatic rings. The topological polar surface area (TPSA) is 56.1 Å². The van der Waals surface area contributed by atoms with Crippen molar-refractivity contribution in [1.29, 1.82) is 0 Å². The van der Waals surface area contributed by atoms with Crippen LogP contribution in [-0.2, 0) is 17.9 Å². The van der Waals surface area contributed by atoms with Crippen LogP contribution in [0.2, 0.25) is 0 Å². The number of methoxy groups -OCH3 is 1. The second kappa shape index (κ2) is 7.57. The standard InChI is InChI=1S/C19H19N3O2/c1-24-14-17-6-3-2-5-16(17)13-20-19(23)15-7-9-18(10-8-15)22-12-4-11-21-22/h2-12H,13-14H2,1H3,(H,20,23). The van der Waals surface area contributed by atoms with Gasteiger partial charge in [-0.2, -0.15) is 5.10 Å². The van der Waals surface area contributed by atoms with Crippen LogP contribution >= 0.6 is 0 Å². The molecular formula is C19H19N3O2. The average molecular weight is 321 g/mol. The molecule has 5 nitrogen and oxygen atoms in total. The molecule has 0 bridgehead atoms. The Morgan fingerprint density at radius 2 is 1.83 bits per heavy atom. The molecule has 0 saturated carbocycles. The lowest BCUT2D eigenvalue weighted by atomic mass is 10.1. The van der Waals surface area contributed by atoms with Crippen LogP contribution in [0, 0.1) is 0 Å². The summed E-state index contributed by atoms with van der Waals surface area (Å²) in [7, 11) is 1.66. The number of carbonyl (C=O) groups is 1. The van der Waals surface area contributed by atoms with Gasteiger partial charge in [-0.3, -0.25) is 4.79 Å². The minimum atomic E-state index is -0.103. The Labute approximate surface area is 140 Å². The number of carbonyl (C=O) groups excluding carboxylic acids is 1. The summed E-state index contributed by atoms with van der Waals surface area (Å²) in [5.41, 5.74) is 3.67. The molecule has 2 aromatic carbocycles. The SMILES string of the molecule is COCc1ccccc1CNC(=O)c1ccc(-n2cccn2)cc1. The quantitative estimate of drug-likeness (QED) is 0.759. The Morgan fingerprint density at radius 1 is 1.08 bits per heavy atom. The summed E-state index contributed by atoms with van der Waals surface area (Å²) in [6.07, 6.45) is 3.58. The summed E-state index contributed by atoms with van der Waals surface area (Å²) < 4.78 is 6.94. The van der Waals surface area contributed by atoms with Gasteiger partial charge < -0.3 is 10.1 Å². The number of amides is 1. The van der Waals surface area contributed by atoms with E-state index in [-0.39, 0.29) is 5.91 Å². The monoisotopic (exact) mass is 321 g/mol. The number of hydrogen-bond donors (Lipinski definition) is 1. The summed E-state index contributed by atoms with van der Waals surface area (Å²) in [6.45, 7) is 1.00. The fourth-order valence-electron chi connectivity index (χ4n) is 2.49. The Bertz CT molecular complexity index is 796. The highest BCUT2D eigenvalue weighted by atomic mass is 16.5. The first-order valence-corrected chi connectivity index (χ1v) is 7.72. The zero-order valence-electron chi connectivity index (χ0n) is 13.5. The fraction of sp³-hybridized carbons (Fsp3) is 0.158. The van der Waals surface area contributed by atoms with E-state index >= 15 is 0 Å². The number of ether oxygens (including phenoxy) is 1. The van der Waals surface area contributed by atoms with Gasteiger partial charge in [0, 0.05) is 31.6 Å². The molecule has 0 atom stereocenters. The van der Waals surface area contributed by atoms with Gasteiger partial charge in [0.1, 0.15) is 0 Å². The molecule has 0 fully saturated rings. The number of rotatable bonds is 6. The lowest BCUT2D eigenvalue weighted by Crippen LogP contribution is -2.23. The number of nitrogens with one attached hydrogen (secondary N) is 1. The summed E-state index contributed by atoms with van der Waals surface area (Å²) >= 11 is 0. The third-order valence-electron chi connectivity index (χ3n) is 3.76. The Morgan fingerprint density at radius 3 is 2.50 bits per heavy atom. The smallest absolute Gasteiger partial charge is 0.251 e. The predicted molar refractivity (Wildman–Crippen MR) is 91.9 cm³/mol. The zero-order chi connectivity index (χ0) is 16.8. The van der Waals surface area contributed by atoms with E-state index in [9.17, 15) is 4.79 Å². The van der Waals surface area contributed by atoms with Gasteiger partial charge in [-0.05, 0) is 41.5 Å². The second-order valence-electron chi connectivity index (χ2n) is 5.38. The maximum Gasteiger partial charge on any atom is 0.251 e. The molecule has 1 amide bonds. The largest absolute Gasteiger partial charge is 0.380 e. The van der Waals surface area contributed by atoms with Crippen LogP contribution in [-0.4, -0.2) is 22.8 Å². The highest BCUT2D eigenvalue weighted by Crippen LogP contribution is 2.11. The molecule has 0 saturated heterocycles. The van der Waals surface area contributed by atoms with Crippen molar-refractivity contribution in [2.45, 2.75) is 13.2 Å². The van der Waals surface area contributed by atoms with Gasteiger partial charge in [-0.1, -0.05) is 24.3 Å². The van der Waals surface area contributed by atoms with Crippen molar-refractivity contribution in [3.8, 4) is 5.69 Å². The molecule has 0 radical (unpaired) electrons. The zero-order valence-corrected chi connectivity index (χ0v) is 13.5. The van der Waals surface area contributed by atoms with Crippen molar-refractivity contribution in [2.75, 3.05) is 7.11 Å². The molecule has 122 valence electrons. The Kier molecular flexibility index (Phi) is 5.03. The Hall–Kier alpha value is -2.92. The first-order valence-electron chi connectivity index (χ1n) is 7.72. The van der Waals surface area contributed by atoms with Crippen LogP contribution in [0.3, 0.4) is 0 Å². The number of hydrogen-bond acceptors (Lipinski definition) is 3. The average Bonchev–Trinajstić information content (AvgIpc) is 3.16. The lowest BCUT2D eigenvalue weighted by molar-refractivity contribution is 0.0950. The van der Waals surface area contributed by atoms with Crippen LogP contribution in [0.25, 0.3) is 5.69 Å². The van der Waals surface area contributed by atoms with E-state index in [4.69, 9.17) is 4.74 Å². The lowest BCUT2D eigenvalue weighted by Gasteiger charge is -2.10. The highest BCUT2D eigenvalue weighted by molar-refractivity contribution is 5.94. The van der Waals surface area contributed by atoms with Gasteiger partial charge in [-0.25, -0.2) is 4.68 Å². The molecule has 3 aromatic rings. The number of aromatic nitrogens is 2. The van der Waals surface area contributed by atoms with E-state index in [0.717, 1.165) is 16.8 Å². The van der Waals surface area contributed by atoms with E-state index in [1.807, 2.05) is 48.7 Å². The molecule has 1 N–H and O–H groups in total. The van der Waals surface area contributed by atoms with E-state index < -0.39 is 0 Å². The minimum Gasteiger partial charge on any atom is -0.380 e. The van der Waals surface area contributed by atoms with E-state index in [0.29, 0.717) is 18.7 Å². The van der Waals surface area contributed by atoms with Crippen molar-refractivity contribution in [3.05, 3.63) is 83.7 Å². The second-order valence-corrected chi connectivity index (χ2v) is 5.38. The van der Waals surface area contributed by atoms with Crippen molar-refractivity contribution >= 4 is 5.91 Å². The molecule has 1 aromatic heterocycles. The fourth-order valence-corrected chi connectivity index (χ4v) is 2.49. The van der Waals surface area contributed by atoms with Crippen LogP contribution in [0.4, 0.5) is 0 Å². The first kappa shape index (κ1) is 16.0. The van der Waals surface area contributed by atoms with E-state index in [1.165, 1.54) is 0 Å². The maximum atomic E-state index is 12.3. The molecule has 1 heterocycles. The van der Waals surface area contributed by atoms with E-state index in [2.05, 4.69) is 10.4 Å². The normalized spacial score (nSPS) is 10.5. The molecular weight excluding hydrogens is 302 g/mol. The van der Waals surface area contributed by atoms with Gasteiger partial charge in [-0.15, -0.1) is 0 Å². The van der Waals surface area contributed by atoms with Crippen LogP contribution in [0.15, 0.2) is 67.0 Å². The third-order valence-corrected chi connectivity index (χ3v) is 3.76. The van der Waals surface area contributed by atoms with Crippen molar-refractivity contribution in [1.82, 2.24) is 15.1 Å². The molecule has 0 spiro atoms. The molecule has 0 unspecified atom stereocenters. The highest BCUT2D eigenvalue weighted by Gasteiger charge is 2.07. The first-order chi connectivity index (χ1) is 11.8. The van der Waals surface area contributed by atoms with Crippen molar-refractivity contribution in [2.24, 2.45) is 0 Å². The maximum absolute atomic E-state index is 12.3. The van der Waals surface area contributed by atoms with Gasteiger partial charge in [0.2, 0.25) is 0 Å². The molecule has 0 aliphatic carbocycles. The predicted octanol–water partition coefficient (Wildman–Crippen LogP) is 2.95. The van der Waals surface area contributed by atoms with Gasteiger partial charge >= 0.3 is 0 Å². The third kappa shape index (κ3) is 3.70. The molecule has 24 heavy (non-hydrogen) atoms. The minimum absolute atomic E-state index is 0.103. The summed E-state index contributed by atoms with van der Waals surface area (Å²) in [4.78, 5) is 12.3.